The van der Waals surface area contributed by atoms with Gasteiger partial charge in [0.2, 0.25) is 0 Å². The number of aromatic nitrogens is 2. The van der Waals surface area contributed by atoms with E-state index >= 15 is 0 Å². The summed E-state index contributed by atoms with van der Waals surface area (Å²) in [5.74, 6) is -1.41. The minimum Gasteiger partial charge on any atom is -0.507 e. The van der Waals surface area contributed by atoms with Crippen LogP contribution < -0.4 is 4.74 Å². The number of aliphatic hydroxyl groups excluding tert-OH is 1. The predicted octanol–water partition coefficient (Wildman–Crippen LogP) is 3.31. The topological polar surface area (TPSA) is 128 Å². The standard InChI is InChI=1S/C24H22N4O6/c1-34-19-5-2-4-17(14-19)22(29)20-21(16-6-8-18(9-7-16)28(32)33)27(24(31)23(20)30)12-3-11-26-13-10-25-15-26/h2,4-10,13-15,21,29H,3,11-12H2,1H3/b22-20+. The van der Waals surface area contributed by atoms with Gasteiger partial charge in [0, 0.05) is 43.2 Å². The van der Waals surface area contributed by atoms with Crippen molar-refractivity contribution in [1.29, 1.82) is 0 Å². The van der Waals surface area contributed by atoms with E-state index in [2.05, 4.69) is 4.98 Å². The van der Waals surface area contributed by atoms with Crippen molar-refractivity contribution in [3.05, 3.63) is 94.1 Å². The first kappa shape index (κ1) is 22.7. The molecule has 0 radical (unpaired) electrons. The highest BCUT2D eigenvalue weighted by Crippen LogP contribution is 2.40. The van der Waals surface area contributed by atoms with Crippen molar-refractivity contribution in [1.82, 2.24) is 14.5 Å². The Bertz CT molecular complexity index is 1250. The number of nitro benzene ring substituents is 1. The molecule has 0 aliphatic carbocycles. The minimum atomic E-state index is -0.894. The molecule has 4 rings (SSSR count). The molecule has 1 fully saturated rings. The highest BCUT2D eigenvalue weighted by molar-refractivity contribution is 6.46. The van der Waals surface area contributed by atoms with E-state index < -0.39 is 22.7 Å². The Kier molecular flexibility index (Phi) is 6.39. The first-order chi connectivity index (χ1) is 16.4. The molecule has 34 heavy (non-hydrogen) atoms. The smallest absolute Gasteiger partial charge is 0.295 e. The van der Waals surface area contributed by atoms with Crippen LogP contribution in [0.3, 0.4) is 0 Å². The number of imidazole rings is 1. The summed E-state index contributed by atoms with van der Waals surface area (Å²) in [6, 6.07) is 11.3. The Morgan fingerprint density at radius 3 is 2.59 bits per heavy atom. The van der Waals surface area contributed by atoms with Gasteiger partial charge in [-0.05, 0) is 36.2 Å². The molecular formula is C24H22N4O6. The molecule has 0 saturated carbocycles. The Labute approximate surface area is 194 Å². The summed E-state index contributed by atoms with van der Waals surface area (Å²) in [6.45, 7) is 0.811. The number of methoxy groups -OCH3 is 1. The fourth-order valence-corrected chi connectivity index (χ4v) is 4.00. The highest BCUT2D eigenvalue weighted by Gasteiger charge is 2.45. The molecular weight excluding hydrogens is 440 g/mol. The number of non-ortho nitro benzene ring substituents is 1. The lowest BCUT2D eigenvalue weighted by Gasteiger charge is -2.25. The van der Waals surface area contributed by atoms with Gasteiger partial charge in [0.15, 0.2) is 0 Å². The molecule has 1 aliphatic rings. The van der Waals surface area contributed by atoms with Gasteiger partial charge in [-0.25, -0.2) is 4.98 Å². The first-order valence-corrected chi connectivity index (χ1v) is 10.5. The molecule has 1 unspecified atom stereocenters. The summed E-state index contributed by atoms with van der Waals surface area (Å²) in [5.41, 5.74) is 0.614. The fourth-order valence-electron chi connectivity index (χ4n) is 4.00. The number of hydrogen-bond donors (Lipinski definition) is 1. The molecule has 2 heterocycles. The van der Waals surface area contributed by atoms with Crippen molar-refractivity contribution < 1.29 is 24.4 Å². The summed E-state index contributed by atoms with van der Waals surface area (Å²) in [6.07, 6.45) is 5.64. The van der Waals surface area contributed by atoms with Gasteiger partial charge in [-0.2, -0.15) is 0 Å². The van der Waals surface area contributed by atoms with Crippen LogP contribution in [-0.4, -0.2) is 49.8 Å². The first-order valence-electron chi connectivity index (χ1n) is 10.5. The third kappa shape index (κ3) is 4.38. The van der Waals surface area contributed by atoms with Crippen molar-refractivity contribution >= 4 is 23.1 Å². The van der Waals surface area contributed by atoms with E-state index in [0.717, 1.165) is 0 Å². The van der Waals surface area contributed by atoms with Crippen LogP contribution in [-0.2, 0) is 16.1 Å². The predicted molar refractivity (Wildman–Crippen MR) is 122 cm³/mol. The highest BCUT2D eigenvalue weighted by atomic mass is 16.6. The molecule has 10 nitrogen and oxygen atoms in total. The number of carbonyl (C=O) groups excluding carboxylic acids is 2. The summed E-state index contributed by atoms with van der Waals surface area (Å²) in [7, 11) is 1.48. The molecule has 1 aromatic heterocycles. The number of amides is 1. The molecule has 0 bridgehead atoms. The lowest BCUT2D eigenvalue weighted by molar-refractivity contribution is -0.384. The van der Waals surface area contributed by atoms with Crippen LogP contribution in [0, 0.1) is 10.1 Å². The normalized spacial score (nSPS) is 17.2. The van der Waals surface area contributed by atoms with Crippen molar-refractivity contribution in [2.24, 2.45) is 0 Å². The van der Waals surface area contributed by atoms with Crippen LogP contribution in [0.25, 0.3) is 5.76 Å². The Balaban J connectivity index is 1.75. The van der Waals surface area contributed by atoms with E-state index in [0.29, 0.717) is 29.8 Å². The fraction of sp³-hybridized carbons (Fsp3) is 0.208. The monoisotopic (exact) mass is 462 g/mol. The maximum absolute atomic E-state index is 13.1. The Morgan fingerprint density at radius 1 is 1.18 bits per heavy atom. The van der Waals surface area contributed by atoms with E-state index in [1.807, 2.05) is 4.57 Å². The average Bonchev–Trinajstić information content (AvgIpc) is 3.46. The molecule has 10 heteroatoms. The van der Waals surface area contributed by atoms with Crippen LogP contribution in [0.15, 0.2) is 72.8 Å². The maximum atomic E-state index is 13.1. The average molecular weight is 462 g/mol. The van der Waals surface area contributed by atoms with Crippen molar-refractivity contribution in [3.63, 3.8) is 0 Å². The number of rotatable bonds is 8. The summed E-state index contributed by atoms with van der Waals surface area (Å²) in [5, 5.41) is 22.2. The molecule has 1 N–H and O–H groups in total. The van der Waals surface area contributed by atoms with Gasteiger partial charge in [0.1, 0.15) is 11.5 Å². The molecule has 3 aromatic rings. The van der Waals surface area contributed by atoms with E-state index in [1.165, 1.54) is 36.3 Å². The number of nitro groups is 1. The second-order valence-corrected chi connectivity index (χ2v) is 7.73. The van der Waals surface area contributed by atoms with Gasteiger partial charge in [0.25, 0.3) is 17.4 Å². The number of ketones is 1. The van der Waals surface area contributed by atoms with Gasteiger partial charge >= 0.3 is 0 Å². The van der Waals surface area contributed by atoms with E-state index in [1.54, 1.807) is 43.0 Å². The summed E-state index contributed by atoms with van der Waals surface area (Å²) >= 11 is 0. The zero-order chi connectivity index (χ0) is 24.2. The number of Topliss-reactive ketones (excluding diaryl/α,β-unsaturated/α-hetero) is 1. The number of carbonyl (C=O) groups is 2. The van der Waals surface area contributed by atoms with Crippen LogP contribution in [0.1, 0.15) is 23.6 Å². The summed E-state index contributed by atoms with van der Waals surface area (Å²) in [4.78, 5) is 42.0. The summed E-state index contributed by atoms with van der Waals surface area (Å²) < 4.78 is 7.06. The number of aliphatic hydroxyl groups is 1. The number of benzene rings is 2. The Hall–Kier alpha value is -4.47. The molecule has 1 amide bonds. The number of likely N-dealkylation sites (tertiary alicyclic amines) is 1. The van der Waals surface area contributed by atoms with Gasteiger partial charge in [0.05, 0.1) is 30.0 Å². The number of nitrogens with zero attached hydrogens (tertiary/aromatic N) is 4. The van der Waals surface area contributed by atoms with Gasteiger partial charge < -0.3 is 19.3 Å². The number of aryl methyl sites for hydroxylation is 1. The van der Waals surface area contributed by atoms with Gasteiger partial charge in [-0.15, -0.1) is 0 Å². The van der Waals surface area contributed by atoms with E-state index in [9.17, 15) is 24.8 Å². The van der Waals surface area contributed by atoms with E-state index in [-0.39, 0.29) is 23.6 Å². The van der Waals surface area contributed by atoms with Crippen molar-refractivity contribution in [3.8, 4) is 5.75 Å². The Morgan fingerprint density at radius 2 is 1.94 bits per heavy atom. The SMILES string of the molecule is COc1cccc(/C(O)=C2\C(=O)C(=O)N(CCCn3ccnc3)C2c2ccc([N+](=O)[O-])cc2)c1. The van der Waals surface area contributed by atoms with Crippen LogP contribution in [0.5, 0.6) is 5.75 Å². The van der Waals surface area contributed by atoms with Crippen LogP contribution >= 0.6 is 0 Å². The van der Waals surface area contributed by atoms with Crippen molar-refractivity contribution in [2.45, 2.75) is 19.0 Å². The van der Waals surface area contributed by atoms with Gasteiger partial charge in [-0.3, -0.25) is 19.7 Å². The van der Waals surface area contributed by atoms with Gasteiger partial charge in [-0.1, -0.05) is 12.1 Å². The quantitative estimate of drug-likeness (QED) is 0.179. The molecule has 1 saturated heterocycles. The molecule has 1 atom stereocenters. The third-order valence-corrected chi connectivity index (χ3v) is 5.68. The number of ether oxygens (including phenoxy) is 1. The van der Waals surface area contributed by atoms with Crippen molar-refractivity contribution in [2.75, 3.05) is 13.7 Å². The lowest BCUT2D eigenvalue weighted by atomic mass is 9.95. The molecule has 1 aliphatic heterocycles. The molecule has 174 valence electrons. The zero-order valence-corrected chi connectivity index (χ0v) is 18.3. The second-order valence-electron chi connectivity index (χ2n) is 7.73. The minimum absolute atomic E-state index is 0.0743. The van der Waals surface area contributed by atoms with Crippen LogP contribution in [0.2, 0.25) is 0 Å². The lowest BCUT2D eigenvalue weighted by Crippen LogP contribution is -2.31. The molecule has 0 spiro atoms. The van der Waals surface area contributed by atoms with E-state index in [4.69, 9.17) is 4.74 Å². The molecule has 2 aromatic carbocycles. The zero-order valence-electron chi connectivity index (χ0n) is 18.3. The third-order valence-electron chi connectivity index (χ3n) is 5.68. The number of hydrogen-bond acceptors (Lipinski definition) is 7. The largest absolute Gasteiger partial charge is 0.507 e. The maximum Gasteiger partial charge on any atom is 0.295 e. The second kappa shape index (κ2) is 9.57. The van der Waals surface area contributed by atoms with Crippen LogP contribution in [0.4, 0.5) is 5.69 Å².